The van der Waals surface area contributed by atoms with E-state index in [4.69, 9.17) is 34.8 Å². The summed E-state index contributed by atoms with van der Waals surface area (Å²) in [4.78, 5) is 21.0. The van der Waals surface area contributed by atoms with Gasteiger partial charge in [0.25, 0.3) is 0 Å². The Morgan fingerprint density at radius 2 is 1.81 bits per heavy atom. The van der Waals surface area contributed by atoms with Crippen LogP contribution in [0, 0.1) is 6.92 Å². The predicted molar refractivity (Wildman–Crippen MR) is 102 cm³/mol. The maximum Gasteiger partial charge on any atom is 0.193 e. The lowest BCUT2D eigenvalue weighted by atomic mass is 10.1. The number of aromatic nitrogens is 5. The van der Waals surface area contributed by atoms with Crippen molar-refractivity contribution in [1.82, 2.24) is 24.3 Å². The molecule has 3 heterocycles. The van der Waals surface area contributed by atoms with Gasteiger partial charge in [0.1, 0.15) is 12.7 Å². The summed E-state index contributed by atoms with van der Waals surface area (Å²) in [5.74, 6) is 0.323. The van der Waals surface area contributed by atoms with Crippen LogP contribution >= 0.6 is 34.8 Å². The fourth-order valence-corrected chi connectivity index (χ4v) is 3.69. The molecule has 0 aliphatic rings. The van der Waals surface area contributed by atoms with Crippen LogP contribution in [0.1, 0.15) is 5.69 Å². The van der Waals surface area contributed by atoms with Crippen LogP contribution in [0.4, 0.5) is 0 Å². The van der Waals surface area contributed by atoms with Gasteiger partial charge >= 0.3 is 0 Å². The van der Waals surface area contributed by atoms with Gasteiger partial charge in [0.2, 0.25) is 0 Å². The predicted octanol–water partition coefficient (Wildman–Crippen LogP) is 4.24. The molecule has 0 aliphatic heterocycles. The summed E-state index contributed by atoms with van der Waals surface area (Å²) in [6.07, 6.45) is 4.28. The van der Waals surface area contributed by atoms with Crippen molar-refractivity contribution in [3.05, 3.63) is 74.1 Å². The second kappa shape index (κ2) is 6.39. The lowest BCUT2D eigenvalue weighted by Crippen LogP contribution is -2.15. The molecule has 0 bridgehead atoms. The van der Waals surface area contributed by atoms with E-state index in [0.717, 1.165) is 0 Å². The Kier molecular flexibility index (Phi) is 4.19. The molecule has 0 unspecified atom stereocenters. The molecule has 4 rings (SSSR count). The molecule has 0 atom stereocenters. The minimum atomic E-state index is -0.238. The van der Waals surface area contributed by atoms with E-state index < -0.39 is 0 Å². The van der Waals surface area contributed by atoms with Gasteiger partial charge in [0.15, 0.2) is 11.2 Å². The van der Waals surface area contributed by atoms with Gasteiger partial charge in [-0.3, -0.25) is 4.79 Å². The number of hydrogen-bond acceptors (Lipinski definition) is 4. The third kappa shape index (κ3) is 2.58. The molecule has 3 aromatic heterocycles. The zero-order valence-corrected chi connectivity index (χ0v) is 15.6. The minimum absolute atomic E-state index is 0.238. The summed E-state index contributed by atoms with van der Waals surface area (Å²) in [6.45, 7) is 1.78. The molecule has 0 spiro atoms. The van der Waals surface area contributed by atoms with Gasteiger partial charge < -0.3 is 4.57 Å². The lowest BCUT2D eigenvalue weighted by molar-refractivity contribution is 0.851. The van der Waals surface area contributed by atoms with E-state index in [0.29, 0.717) is 43.2 Å². The van der Waals surface area contributed by atoms with Crippen LogP contribution in [0.15, 0.2) is 47.9 Å². The van der Waals surface area contributed by atoms with Crippen molar-refractivity contribution in [3.8, 4) is 11.5 Å². The van der Waals surface area contributed by atoms with Crippen molar-refractivity contribution in [3.63, 3.8) is 0 Å². The van der Waals surface area contributed by atoms with Crippen molar-refractivity contribution in [2.45, 2.75) is 6.92 Å². The molecule has 130 valence electrons. The van der Waals surface area contributed by atoms with Gasteiger partial charge in [-0.1, -0.05) is 40.9 Å². The monoisotopic (exact) mass is 405 g/mol. The van der Waals surface area contributed by atoms with Crippen molar-refractivity contribution in [2.24, 2.45) is 0 Å². The van der Waals surface area contributed by atoms with Crippen LogP contribution < -0.4 is 5.43 Å². The average molecular weight is 407 g/mol. The molecular formula is C17H10Cl3N5O. The Labute approximate surface area is 162 Å². The molecule has 0 N–H and O–H groups in total. The third-order valence-electron chi connectivity index (χ3n) is 3.95. The maximum absolute atomic E-state index is 12.8. The molecule has 0 radical (unpaired) electrons. The van der Waals surface area contributed by atoms with E-state index >= 15 is 0 Å². The summed E-state index contributed by atoms with van der Waals surface area (Å²) in [6, 6.07) is 6.68. The summed E-state index contributed by atoms with van der Waals surface area (Å²) in [7, 11) is 0. The van der Waals surface area contributed by atoms with Crippen LogP contribution in [0.25, 0.3) is 22.4 Å². The van der Waals surface area contributed by atoms with Crippen LogP contribution in [0.3, 0.4) is 0 Å². The number of hydrogen-bond donors (Lipinski definition) is 0. The van der Waals surface area contributed by atoms with Gasteiger partial charge in [0.05, 0.1) is 37.9 Å². The first kappa shape index (κ1) is 17.0. The highest BCUT2D eigenvalue weighted by Gasteiger charge is 2.20. The Morgan fingerprint density at radius 1 is 1.08 bits per heavy atom. The highest BCUT2D eigenvalue weighted by Crippen LogP contribution is 2.34. The molecule has 0 saturated heterocycles. The van der Waals surface area contributed by atoms with Crippen molar-refractivity contribution >= 4 is 45.7 Å². The molecule has 4 aromatic rings. The number of halogens is 3. The smallest absolute Gasteiger partial charge is 0.193 e. The lowest BCUT2D eigenvalue weighted by Gasteiger charge is -2.19. The number of aryl methyl sites for hydroxylation is 1. The molecular weight excluding hydrogens is 397 g/mol. The standard InChI is InChI=1S/C17H10Cl3N5O/c1-9-5-13(26)14-16(25(9)15-10(18)3-2-4-11(15)19)12(20)6-22-17(14)24-8-21-7-23-24/h2-8H,1H3. The van der Waals surface area contributed by atoms with E-state index in [1.807, 2.05) is 0 Å². The molecule has 6 nitrogen and oxygen atoms in total. The highest BCUT2D eigenvalue weighted by molar-refractivity contribution is 6.38. The quantitative estimate of drug-likeness (QED) is 0.499. The van der Waals surface area contributed by atoms with Crippen molar-refractivity contribution in [2.75, 3.05) is 0 Å². The second-order valence-electron chi connectivity index (χ2n) is 5.55. The van der Waals surface area contributed by atoms with E-state index in [9.17, 15) is 4.79 Å². The molecule has 0 aliphatic carbocycles. The van der Waals surface area contributed by atoms with Crippen LogP contribution in [-0.4, -0.2) is 24.3 Å². The molecule has 9 heteroatoms. The van der Waals surface area contributed by atoms with Crippen molar-refractivity contribution < 1.29 is 0 Å². The van der Waals surface area contributed by atoms with Gasteiger partial charge in [0, 0.05) is 11.8 Å². The number of pyridine rings is 2. The van der Waals surface area contributed by atoms with Crippen LogP contribution in [-0.2, 0) is 0 Å². The molecule has 0 amide bonds. The van der Waals surface area contributed by atoms with E-state index in [1.54, 1.807) is 29.7 Å². The number of rotatable bonds is 2. The third-order valence-corrected chi connectivity index (χ3v) is 4.83. The topological polar surface area (TPSA) is 65.6 Å². The highest BCUT2D eigenvalue weighted by atomic mass is 35.5. The van der Waals surface area contributed by atoms with Gasteiger partial charge in [-0.2, -0.15) is 5.10 Å². The largest absolute Gasteiger partial charge is 0.309 e. The zero-order valence-electron chi connectivity index (χ0n) is 13.3. The number of benzene rings is 1. The summed E-state index contributed by atoms with van der Waals surface area (Å²) < 4.78 is 3.17. The van der Waals surface area contributed by atoms with E-state index in [1.165, 1.54) is 29.6 Å². The second-order valence-corrected chi connectivity index (χ2v) is 6.77. The van der Waals surface area contributed by atoms with Crippen LogP contribution in [0.2, 0.25) is 15.1 Å². The minimum Gasteiger partial charge on any atom is -0.309 e. The first-order valence-corrected chi connectivity index (χ1v) is 8.62. The molecule has 0 saturated carbocycles. The first-order chi connectivity index (χ1) is 12.5. The molecule has 26 heavy (non-hydrogen) atoms. The summed E-state index contributed by atoms with van der Waals surface area (Å²) in [5.41, 5.74) is 1.38. The normalized spacial score (nSPS) is 11.2. The van der Waals surface area contributed by atoms with Gasteiger partial charge in [-0.05, 0) is 19.1 Å². The summed E-state index contributed by atoms with van der Waals surface area (Å²) >= 11 is 19.2. The number of fused-ring (bicyclic) bond motifs is 1. The van der Waals surface area contributed by atoms with Gasteiger partial charge in [-0.25, -0.2) is 14.6 Å². The average Bonchev–Trinajstić information content (AvgIpc) is 3.12. The Morgan fingerprint density at radius 3 is 2.46 bits per heavy atom. The first-order valence-electron chi connectivity index (χ1n) is 7.49. The Hall–Kier alpha value is -2.41. The summed E-state index contributed by atoms with van der Waals surface area (Å²) in [5, 5.41) is 5.52. The number of nitrogens with zero attached hydrogens (tertiary/aromatic N) is 5. The van der Waals surface area contributed by atoms with E-state index in [-0.39, 0.29) is 5.43 Å². The molecule has 0 fully saturated rings. The van der Waals surface area contributed by atoms with E-state index in [2.05, 4.69) is 15.1 Å². The SMILES string of the molecule is Cc1cc(=O)c2c(-n3cncn3)ncc(Cl)c2n1-c1c(Cl)cccc1Cl. The fraction of sp³-hybridized carbons (Fsp3) is 0.0588. The number of para-hydroxylation sites is 1. The van der Waals surface area contributed by atoms with Crippen LogP contribution in [0.5, 0.6) is 0 Å². The zero-order chi connectivity index (χ0) is 18.4. The fourth-order valence-electron chi connectivity index (χ4n) is 2.90. The van der Waals surface area contributed by atoms with Gasteiger partial charge in [-0.15, -0.1) is 0 Å². The Bertz CT molecular complexity index is 1180. The van der Waals surface area contributed by atoms with Crippen molar-refractivity contribution in [1.29, 1.82) is 0 Å². The molecule has 1 aromatic carbocycles. The maximum atomic E-state index is 12.8. The Balaban J connectivity index is 2.23.